The Balaban J connectivity index is 1.80. The topological polar surface area (TPSA) is 76.7 Å². The van der Waals surface area contributed by atoms with Crippen molar-refractivity contribution >= 4 is 11.8 Å². The Morgan fingerprint density at radius 1 is 0.909 bits per heavy atom. The normalized spacial score (nSPS) is 38.8. The van der Waals surface area contributed by atoms with Crippen LogP contribution >= 0.6 is 0 Å². The van der Waals surface area contributed by atoms with Crippen molar-refractivity contribution in [2.75, 3.05) is 27.7 Å². The molecule has 6 heteroatoms. The number of amides is 2. The van der Waals surface area contributed by atoms with Gasteiger partial charge in [-0.25, -0.2) is 0 Å². The molecule has 4 fully saturated rings. The van der Waals surface area contributed by atoms with E-state index in [1.54, 1.807) is 14.2 Å². The van der Waals surface area contributed by atoms with Crippen LogP contribution in [0, 0.1) is 22.7 Å². The molecule has 2 amide bonds. The summed E-state index contributed by atoms with van der Waals surface area (Å²) in [6.07, 6.45) is 5.49. The van der Waals surface area contributed by atoms with Crippen molar-refractivity contribution in [1.82, 2.24) is 10.6 Å². The van der Waals surface area contributed by atoms with Crippen molar-refractivity contribution in [1.29, 1.82) is 0 Å². The second kappa shape index (κ2) is 5.81. The maximum atomic E-state index is 12.7. The Labute approximate surface area is 131 Å². The van der Waals surface area contributed by atoms with Crippen LogP contribution in [0.25, 0.3) is 0 Å². The zero-order valence-electron chi connectivity index (χ0n) is 13.4. The number of hydrogen-bond acceptors (Lipinski definition) is 4. The smallest absolute Gasteiger partial charge is 0.228 e. The average molecular weight is 310 g/mol. The van der Waals surface area contributed by atoms with E-state index < -0.39 is 0 Å². The van der Waals surface area contributed by atoms with E-state index in [0.717, 1.165) is 25.7 Å². The van der Waals surface area contributed by atoms with Crippen molar-refractivity contribution in [3.05, 3.63) is 0 Å². The zero-order chi connectivity index (χ0) is 15.8. The molecular formula is C16H26N2O4. The highest BCUT2D eigenvalue weighted by Gasteiger charge is 2.62. The summed E-state index contributed by atoms with van der Waals surface area (Å²) in [4.78, 5) is 25.4. The fraction of sp³-hybridized carbons (Fsp3) is 0.875. The van der Waals surface area contributed by atoms with Crippen LogP contribution in [0.3, 0.4) is 0 Å². The van der Waals surface area contributed by atoms with Gasteiger partial charge in [0.2, 0.25) is 11.8 Å². The summed E-state index contributed by atoms with van der Waals surface area (Å²) in [6.45, 7) is 0.470. The summed E-state index contributed by atoms with van der Waals surface area (Å²) in [6, 6.07) is 0. The lowest BCUT2D eigenvalue weighted by Gasteiger charge is -2.60. The van der Waals surface area contributed by atoms with Gasteiger partial charge >= 0.3 is 0 Å². The van der Waals surface area contributed by atoms with Crippen molar-refractivity contribution in [3.63, 3.8) is 0 Å². The number of methoxy groups -OCH3 is 2. The minimum atomic E-state index is -0.382. The highest BCUT2D eigenvalue weighted by molar-refractivity contribution is 5.88. The largest absolute Gasteiger partial charge is 0.364 e. The standard InChI is InChI=1S/C16H26N2O4/c1-21-9-17-13(19)15-4-11-3-12(5-15)7-16(6-11,8-15)14(20)18-10-22-2/h11-12H,3-10H2,1-2H3,(H,17,19)(H,18,20). The summed E-state index contributed by atoms with van der Waals surface area (Å²) in [7, 11) is 3.14. The van der Waals surface area contributed by atoms with E-state index >= 15 is 0 Å². The van der Waals surface area contributed by atoms with Gasteiger partial charge in [0.05, 0.1) is 10.8 Å². The molecular weight excluding hydrogens is 284 g/mol. The van der Waals surface area contributed by atoms with E-state index in [0.29, 0.717) is 18.3 Å². The predicted molar refractivity (Wildman–Crippen MR) is 79.6 cm³/mol. The summed E-state index contributed by atoms with van der Waals surface area (Å²) < 4.78 is 9.95. The fourth-order valence-electron chi connectivity index (χ4n) is 5.44. The predicted octanol–water partition coefficient (Wildman–Crippen LogP) is 1.01. The van der Waals surface area contributed by atoms with Gasteiger partial charge in [-0.2, -0.15) is 0 Å². The quantitative estimate of drug-likeness (QED) is 0.718. The molecule has 4 rings (SSSR count). The van der Waals surface area contributed by atoms with Crippen LogP contribution in [0.5, 0.6) is 0 Å². The maximum absolute atomic E-state index is 12.7. The third kappa shape index (κ3) is 2.52. The molecule has 2 N–H and O–H groups in total. The van der Waals surface area contributed by atoms with E-state index in [1.165, 1.54) is 6.42 Å². The summed E-state index contributed by atoms with van der Waals surface area (Å²) in [5.74, 6) is 1.10. The Morgan fingerprint density at radius 2 is 1.32 bits per heavy atom. The van der Waals surface area contributed by atoms with Gasteiger partial charge in [0.15, 0.2) is 0 Å². The molecule has 0 unspecified atom stereocenters. The number of carbonyl (C=O) groups is 2. The monoisotopic (exact) mass is 310 g/mol. The average Bonchev–Trinajstić information content (AvgIpc) is 2.48. The lowest BCUT2D eigenvalue weighted by atomic mass is 9.43. The molecule has 0 atom stereocenters. The van der Waals surface area contributed by atoms with E-state index in [1.807, 2.05) is 0 Å². The molecule has 4 aliphatic carbocycles. The van der Waals surface area contributed by atoms with Crippen LogP contribution in [-0.4, -0.2) is 39.5 Å². The summed E-state index contributed by atoms with van der Waals surface area (Å²) in [5.41, 5.74) is -0.764. The fourth-order valence-corrected chi connectivity index (χ4v) is 5.44. The van der Waals surface area contributed by atoms with Gasteiger partial charge in [-0.05, 0) is 50.4 Å². The zero-order valence-corrected chi connectivity index (χ0v) is 13.4. The van der Waals surface area contributed by atoms with Crippen LogP contribution < -0.4 is 10.6 Å². The minimum Gasteiger partial charge on any atom is -0.364 e. The first-order valence-corrected chi connectivity index (χ1v) is 8.08. The van der Waals surface area contributed by atoms with Crippen molar-refractivity contribution in [2.24, 2.45) is 22.7 Å². The first kappa shape index (κ1) is 15.7. The Hall–Kier alpha value is -1.14. The van der Waals surface area contributed by atoms with Crippen LogP contribution in [0.1, 0.15) is 38.5 Å². The van der Waals surface area contributed by atoms with Crippen LogP contribution in [-0.2, 0) is 19.1 Å². The summed E-state index contributed by atoms with van der Waals surface area (Å²) in [5, 5.41) is 5.74. The molecule has 0 saturated heterocycles. The van der Waals surface area contributed by atoms with Gasteiger partial charge in [0.25, 0.3) is 0 Å². The highest BCUT2D eigenvalue weighted by atomic mass is 16.5. The third-order valence-electron chi connectivity index (χ3n) is 5.78. The van der Waals surface area contributed by atoms with E-state index in [4.69, 9.17) is 9.47 Å². The van der Waals surface area contributed by atoms with Gasteiger partial charge < -0.3 is 20.1 Å². The van der Waals surface area contributed by atoms with Gasteiger partial charge in [0, 0.05) is 14.2 Å². The third-order valence-corrected chi connectivity index (χ3v) is 5.78. The molecule has 4 bridgehead atoms. The molecule has 0 spiro atoms. The Kier molecular flexibility index (Phi) is 4.16. The van der Waals surface area contributed by atoms with E-state index in [2.05, 4.69) is 10.6 Å². The molecule has 0 radical (unpaired) electrons. The van der Waals surface area contributed by atoms with Gasteiger partial charge in [-0.15, -0.1) is 0 Å². The molecule has 6 nitrogen and oxygen atoms in total. The van der Waals surface area contributed by atoms with E-state index in [9.17, 15) is 9.59 Å². The molecule has 4 aliphatic rings. The number of rotatable bonds is 6. The first-order chi connectivity index (χ1) is 10.5. The minimum absolute atomic E-state index is 0.0624. The lowest BCUT2D eigenvalue weighted by molar-refractivity contribution is -0.168. The summed E-state index contributed by atoms with van der Waals surface area (Å²) >= 11 is 0. The molecule has 0 aromatic heterocycles. The van der Waals surface area contributed by atoms with Gasteiger partial charge in [0.1, 0.15) is 13.5 Å². The van der Waals surface area contributed by atoms with E-state index in [-0.39, 0.29) is 36.1 Å². The second-order valence-electron chi connectivity index (χ2n) is 7.40. The lowest BCUT2D eigenvalue weighted by Crippen LogP contribution is -2.61. The molecule has 0 aromatic carbocycles. The van der Waals surface area contributed by atoms with Gasteiger partial charge in [-0.1, -0.05) is 0 Å². The molecule has 0 heterocycles. The van der Waals surface area contributed by atoms with Crippen LogP contribution in [0.15, 0.2) is 0 Å². The number of hydrogen-bond donors (Lipinski definition) is 2. The SMILES string of the molecule is COCNC(=O)C12CC3CC(C1)CC(C(=O)NCOC)(C3)C2. The second-order valence-corrected chi connectivity index (χ2v) is 7.40. The number of ether oxygens (including phenoxy) is 2. The highest BCUT2D eigenvalue weighted by Crippen LogP contribution is 2.65. The number of carbonyl (C=O) groups excluding carboxylic acids is 2. The Bertz CT molecular complexity index is 413. The van der Waals surface area contributed by atoms with Crippen molar-refractivity contribution in [3.8, 4) is 0 Å². The van der Waals surface area contributed by atoms with Gasteiger partial charge in [-0.3, -0.25) is 9.59 Å². The van der Waals surface area contributed by atoms with Crippen molar-refractivity contribution < 1.29 is 19.1 Å². The molecule has 0 aromatic rings. The molecule has 22 heavy (non-hydrogen) atoms. The maximum Gasteiger partial charge on any atom is 0.228 e. The Morgan fingerprint density at radius 3 is 1.68 bits per heavy atom. The molecule has 0 aliphatic heterocycles. The van der Waals surface area contributed by atoms with Crippen LogP contribution in [0.2, 0.25) is 0 Å². The van der Waals surface area contributed by atoms with Crippen LogP contribution in [0.4, 0.5) is 0 Å². The number of nitrogens with one attached hydrogen (secondary N) is 2. The molecule has 124 valence electrons. The molecule has 4 saturated carbocycles. The first-order valence-electron chi connectivity index (χ1n) is 8.08. The van der Waals surface area contributed by atoms with Crippen molar-refractivity contribution in [2.45, 2.75) is 38.5 Å².